The first-order valence-electron chi connectivity index (χ1n) is 10.5. The molecule has 0 saturated carbocycles. The Morgan fingerprint density at radius 3 is 2.90 bits per heavy atom. The molecular weight excluding hydrogens is 432 g/mol. The molecule has 4 rings (SSSR count). The zero-order chi connectivity index (χ0) is 22.1. The van der Waals surface area contributed by atoms with Crippen LogP contribution in [0.25, 0.3) is 11.7 Å². The number of carbonyl (C=O) groups excluding carboxylic acids is 1. The van der Waals surface area contributed by atoms with E-state index < -0.39 is 0 Å². The molecule has 4 heterocycles. The number of nitrogens with zero attached hydrogens (tertiary/aromatic N) is 3. The molecule has 0 spiro atoms. The number of aryl methyl sites for hydroxylation is 1. The van der Waals surface area contributed by atoms with Gasteiger partial charge in [-0.2, -0.15) is 0 Å². The molecule has 9 heteroatoms. The van der Waals surface area contributed by atoms with Gasteiger partial charge in [-0.3, -0.25) is 18.9 Å². The second kappa shape index (κ2) is 9.10. The quantitative estimate of drug-likeness (QED) is 0.525. The van der Waals surface area contributed by atoms with Crippen LogP contribution in [0, 0.1) is 12.8 Å². The summed E-state index contributed by atoms with van der Waals surface area (Å²) < 4.78 is 7.68. The molecule has 2 aromatic heterocycles. The first kappa shape index (κ1) is 22.0. The Morgan fingerprint density at radius 1 is 1.39 bits per heavy atom. The molecule has 0 bridgehead atoms. The minimum Gasteiger partial charge on any atom is -0.376 e. The summed E-state index contributed by atoms with van der Waals surface area (Å²) in [6.07, 6.45) is 5.33. The topological polar surface area (TPSA) is 75.9 Å². The molecule has 1 atom stereocenters. The maximum absolute atomic E-state index is 13.3. The molecule has 0 aromatic carbocycles. The number of pyridine rings is 1. The minimum atomic E-state index is -0.218. The van der Waals surface area contributed by atoms with Crippen molar-refractivity contribution in [1.29, 1.82) is 0 Å². The molecule has 164 valence electrons. The predicted octanol–water partition coefficient (Wildman–Crippen LogP) is 3.45. The lowest BCUT2D eigenvalue weighted by Crippen LogP contribution is -2.35. The molecule has 2 aromatic rings. The standard InChI is InChI=1S/C22H26N4O3S2/c1-13(2)10-23-19-16(20(27)25-11-14(3)6-7-18(25)24-19)9-17-21(28)26(22(30)31-17)12-15-5-4-8-29-15/h6-7,9,11,13,15,23H,4-5,8,10,12H2,1-3H3/b17-9-/t15-/m0/s1. The van der Waals surface area contributed by atoms with Crippen LogP contribution in [-0.4, -0.2) is 50.3 Å². The van der Waals surface area contributed by atoms with E-state index >= 15 is 0 Å². The van der Waals surface area contributed by atoms with Gasteiger partial charge in [0.2, 0.25) is 0 Å². The SMILES string of the molecule is Cc1ccc2nc(NCC(C)C)c(/C=C3\SC(=S)N(C[C@@H]4CCCO4)C3=O)c(=O)n2c1. The summed E-state index contributed by atoms with van der Waals surface area (Å²) in [5.41, 5.74) is 1.66. The summed E-state index contributed by atoms with van der Waals surface area (Å²) in [4.78, 5) is 33.1. The van der Waals surface area contributed by atoms with E-state index in [1.165, 1.54) is 16.2 Å². The Labute approximate surface area is 190 Å². The summed E-state index contributed by atoms with van der Waals surface area (Å²) >= 11 is 6.67. The number of hydrogen-bond acceptors (Lipinski definition) is 7. The van der Waals surface area contributed by atoms with Gasteiger partial charge in [0.15, 0.2) is 0 Å². The van der Waals surface area contributed by atoms with Gasteiger partial charge in [-0.15, -0.1) is 0 Å². The van der Waals surface area contributed by atoms with Crippen LogP contribution in [0.1, 0.15) is 37.8 Å². The van der Waals surface area contributed by atoms with Crippen LogP contribution in [-0.2, 0) is 9.53 Å². The maximum atomic E-state index is 13.3. The highest BCUT2D eigenvalue weighted by atomic mass is 32.2. The summed E-state index contributed by atoms with van der Waals surface area (Å²) in [7, 11) is 0. The molecule has 2 saturated heterocycles. The van der Waals surface area contributed by atoms with Crippen molar-refractivity contribution in [2.24, 2.45) is 5.92 Å². The number of anilines is 1. The van der Waals surface area contributed by atoms with Crippen molar-refractivity contribution >= 4 is 51.7 Å². The molecule has 0 unspecified atom stereocenters. The Hall–Kier alpha value is -2.23. The maximum Gasteiger partial charge on any atom is 0.267 e. The van der Waals surface area contributed by atoms with Crippen molar-refractivity contribution in [3.05, 3.63) is 44.7 Å². The van der Waals surface area contributed by atoms with Crippen LogP contribution in [0.2, 0.25) is 0 Å². The highest BCUT2D eigenvalue weighted by Gasteiger charge is 2.35. The average Bonchev–Trinajstić information content (AvgIpc) is 3.33. The molecule has 7 nitrogen and oxygen atoms in total. The van der Waals surface area contributed by atoms with Crippen molar-refractivity contribution < 1.29 is 9.53 Å². The number of rotatable bonds is 6. The Bertz CT molecular complexity index is 1120. The van der Waals surface area contributed by atoms with Crippen molar-refractivity contribution in [2.75, 3.05) is 25.0 Å². The lowest BCUT2D eigenvalue weighted by molar-refractivity contribution is -0.123. The van der Waals surface area contributed by atoms with Crippen LogP contribution in [0.15, 0.2) is 28.0 Å². The fourth-order valence-electron chi connectivity index (χ4n) is 3.60. The fourth-order valence-corrected chi connectivity index (χ4v) is 4.86. The van der Waals surface area contributed by atoms with E-state index in [0.717, 1.165) is 25.0 Å². The number of hydrogen-bond donors (Lipinski definition) is 1. The van der Waals surface area contributed by atoms with Gasteiger partial charge in [-0.25, -0.2) is 4.98 Å². The smallest absolute Gasteiger partial charge is 0.267 e. The van der Waals surface area contributed by atoms with Crippen molar-refractivity contribution in [3.8, 4) is 0 Å². The van der Waals surface area contributed by atoms with Crippen LogP contribution in [0.4, 0.5) is 5.82 Å². The lowest BCUT2D eigenvalue weighted by atomic mass is 10.2. The van der Waals surface area contributed by atoms with Crippen molar-refractivity contribution in [3.63, 3.8) is 0 Å². The summed E-state index contributed by atoms with van der Waals surface area (Å²) in [6, 6.07) is 3.74. The van der Waals surface area contributed by atoms with Gasteiger partial charge in [0.1, 0.15) is 15.8 Å². The number of nitrogens with one attached hydrogen (secondary N) is 1. The number of thioether (sulfide) groups is 1. The predicted molar refractivity (Wildman–Crippen MR) is 128 cm³/mol. The summed E-state index contributed by atoms with van der Waals surface area (Å²) in [5, 5.41) is 3.27. The summed E-state index contributed by atoms with van der Waals surface area (Å²) in [5.74, 6) is 0.664. The van der Waals surface area contributed by atoms with E-state index in [-0.39, 0.29) is 17.6 Å². The number of thiocarbonyl (C=S) groups is 1. The van der Waals surface area contributed by atoms with Crippen molar-refractivity contribution in [1.82, 2.24) is 14.3 Å². The molecule has 2 aliphatic rings. The Morgan fingerprint density at radius 2 is 2.19 bits per heavy atom. The van der Waals surface area contributed by atoms with Crippen LogP contribution < -0.4 is 10.9 Å². The number of fused-ring (bicyclic) bond motifs is 1. The average molecular weight is 459 g/mol. The van der Waals surface area contributed by atoms with E-state index in [9.17, 15) is 9.59 Å². The van der Waals surface area contributed by atoms with E-state index in [1.807, 2.05) is 19.1 Å². The normalized spacial score (nSPS) is 20.6. The van der Waals surface area contributed by atoms with Gasteiger partial charge in [-0.1, -0.05) is 43.9 Å². The zero-order valence-corrected chi connectivity index (χ0v) is 19.5. The molecular formula is C22H26N4O3S2. The monoisotopic (exact) mass is 458 g/mol. The molecule has 2 fully saturated rings. The van der Waals surface area contributed by atoms with Gasteiger partial charge in [0, 0.05) is 19.3 Å². The Kier molecular flexibility index (Phi) is 6.45. The first-order valence-corrected chi connectivity index (χ1v) is 11.7. The van der Waals surface area contributed by atoms with E-state index in [4.69, 9.17) is 17.0 Å². The molecule has 1 N–H and O–H groups in total. The van der Waals surface area contributed by atoms with Gasteiger partial charge >= 0.3 is 0 Å². The third kappa shape index (κ3) is 4.68. The zero-order valence-electron chi connectivity index (χ0n) is 17.9. The second-order valence-corrected chi connectivity index (χ2v) is 9.99. The lowest BCUT2D eigenvalue weighted by Gasteiger charge is -2.18. The third-order valence-corrected chi connectivity index (χ3v) is 6.62. The van der Waals surface area contributed by atoms with E-state index in [0.29, 0.717) is 45.3 Å². The molecule has 0 aliphatic carbocycles. The first-order chi connectivity index (χ1) is 14.8. The molecule has 1 amide bonds. The second-order valence-electron chi connectivity index (χ2n) is 8.32. The van der Waals surface area contributed by atoms with E-state index in [1.54, 1.807) is 17.2 Å². The molecule has 0 radical (unpaired) electrons. The molecule has 31 heavy (non-hydrogen) atoms. The largest absolute Gasteiger partial charge is 0.376 e. The van der Waals surface area contributed by atoms with Crippen LogP contribution >= 0.6 is 24.0 Å². The van der Waals surface area contributed by atoms with Gasteiger partial charge < -0.3 is 10.1 Å². The van der Waals surface area contributed by atoms with Gasteiger partial charge in [0.25, 0.3) is 11.5 Å². The fraction of sp³-hybridized carbons (Fsp3) is 0.455. The van der Waals surface area contributed by atoms with Gasteiger partial charge in [-0.05, 0) is 43.4 Å². The number of aromatic nitrogens is 2. The van der Waals surface area contributed by atoms with Crippen molar-refractivity contribution in [2.45, 2.75) is 39.7 Å². The number of ether oxygens (including phenoxy) is 1. The number of amides is 1. The Balaban J connectivity index is 1.73. The third-order valence-electron chi connectivity index (χ3n) is 5.24. The summed E-state index contributed by atoms with van der Waals surface area (Å²) in [6.45, 7) is 7.93. The molecule has 2 aliphatic heterocycles. The van der Waals surface area contributed by atoms with Crippen LogP contribution in [0.3, 0.4) is 0 Å². The highest BCUT2D eigenvalue weighted by molar-refractivity contribution is 8.26. The highest BCUT2D eigenvalue weighted by Crippen LogP contribution is 2.34. The van der Waals surface area contributed by atoms with E-state index in [2.05, 4.69) is 24.1 Å². The van der Waals surface area contributed by atoms with Crippen LogP contribution in [0.5, 0.6) is 0 Å². The number of carbonyl (C=O) groups is 1. The minimum absolute atomic E-state index is 0.0149. The van der Waals surface area contributed by atoms with Gasteiger partial charge in [0.05, 0.1) is 23.1 Å².